The monoisotopic (exact) mass is 628 g/mol. The van der Waals surface area contributed by atoms with Gasteiger partial charge in [-0.05, 0) is 64.4 Å². The Morgan fingerprint density at radius 1 is 0.837 bits per heavy atom. The molecule has 2 N–H and O–H groups in total. The van der Waals surface area contributed by atoms with Crippen molar-refractivity contribution in [3.05, 3.63) is 60.0 Å². The molecule has 0 radical (unpaired) electrons. The largest absolute Gasteiger partial charge is 0.456 e. The Labute approximate surface area is 255 Å². The predicted octanol–water partition coefficient (Wildman–Crippen LogP) is 5.58. The summed E-state index contributed by atoms with van der Waals surface area (Å²) in [5, 5.41) is 1.59. The minimum absolute atomic E-state index is 0.185. The highest BCUT2D eigenvalue weighted by Gasteiger charge is 2.27. The quantitative estimate of drug-likeness (QED) is 0.0859. The van der Waals surface area contributed by atoms with Crippen LogP contribution in [0.15, 0.2) is 68.8 Å². The van der Waals surface area contributed by atoms with Crippen LogP contribution in [0, 0.1) is 0 Å². The topological polar surface area (TPSA) is 120 Å². The van der Waals surface area contributed by atoms with Crippen molar-refractivity contribution in [1.29, 1.82) is 0 Å². The van der Waals surface area contributed by atoms with E-state index in [-0.39, 0.29) is 17.0 Å². The van der Waals surface area contributed by atoms with Crippen LogP contribution in [0.4, 0.5) is 5.69 Å². The molecule has 232 valence electrons. The fourth-order valence-electron chi connectivity index (χ4n) is 5.48. The number of rotatable bonds is 13. The molecular formula is C32H42N3O6S2+. The first-order valence-corrected chi connectivity index (χ1v) is 17.9. The van der Waals surface area contributed by atoms with E-state index >= 15 is 0 Å². The number of sulfonamides is 1. The van der Waals surface area contributed by atoms with Crippen LogP contribution in [0.3, 0.4) is 0 Å². The van der Waals surface area contributed by atoms with Crippen molar-refractivity contribution in [1.82, 2.24) is 9.30 Å². The lowest BCUT2D eigenvalue weighted by molar-refractivity contribution is 0.483. The lowest BCUT2D eigenvalue weighted by Crippen LogP contribution is -2.29. The number of fused-ring (bicyclic) bond motifs is 2. The Balaban J connectivity index is 2.05. The molecule has 0 fully saturated rings. The van der Waals surface area contributed by atoms with E-state index < -0.39 is 25.0 Å². The molecule has 9 nitrogen and oxygen atoms in total. The summed E-state index contributed by atoms with van der Waals surface area (Å²) in [6, 6.07) is 15.4. The molecule has 1 aliphatic heterocycles. The summed E-state index contributed by atoms with van der Waals surface area (Å²) < 4.78 is 73.3. The predicted molar refractivity (Wildman–Crippen MR) is 173 cm³/mol. The molecule has 43 heavy (non-hydrogen) atoms. The molecule has 0 unspecified atom stereocenters. The van der Waals surface area contributed by atoms with Gasteiger partial charge in [-0.25, -0.2) is 17.7 Å². The summed E-state index contributed by atoms with van der Waals surface area (Å²) >= 11 is 0. The first kappa shape index (κ1) is 32.7. The van der Waals surface area contributed by atoms with Crippen molar-refractivity contribution in [2.45, 2.75) is 63.7 Å². The molecule has 2 aromatic rings. The summed E-state index contributed by atoms with van der Waals surface area (Å²) in [5.74, 6) is 0.541. The van der Waals surface area contributed by atoms with Crippen LogP contribution in [0.5, 0.6) is 0 Å². The van der Waals surface area contributed by atoms with Crippen LogP contribution >= 0.6 is 0 Å². The summed E-state index contributed by atoms with van der Waals surface area (Å²) in [6.07, 6.45) is 2.46. The second-order valence-electron chi connectivity index (χ2n) is 10.4. The van der Waals surface area contributed by atoms with E-state index in [0.717, 1.165) is 56.1 Å². The highest BCUT2D eigenvalue weighted by molar-refractivity contribution is 7.89. The smallest absolute Gasteiger partial charge is 0.295 e. The fourth-order valence-corrected chi connectivity index (χ4v) is 7.38. The van der Waals surface area contributed by atoms with Gasteiger partial charge in [0, 0.05) is 59.5 Å². The zero-order valence-corrected chi connectivity index (χ0v) is 27.2. The van der Waals surface area contributed by atoms with Gasteiger partial charge in [-0.1, -0.05) is 25.8 Å². The molecule has 2 aromatic carbocycles. The van der Waals surface area contributed by atoms with Gasteiger partial charge in [0.2, 0.25) is 15.4 Å². The first-order valence-electron chi connectivity index (χ1n) is 14.9. The second-order valence-corrected chi connectivity index (χ2v) is 13.6. The van der Waals surface area contributed by atoms with Gasteiger partial charge in [0.05, 0.1) is 11.0 Å². The van der Waals surface area contributed by atoms with Crippen LogP contribution in [-0.2, 0) is 20.1 Å². The Bertz CT molecular complexity index is 1850. The fraction of sp³-hybridized carbons (Fsp3) is 0.406. The van der Waals surface area contributed by atoms with Gasteiger partial charge >= 0.3 is 0 Å². The van der Waals surface area contributed by atoms with Gasteiger partial charge in [-0.2, -0.15) is 8.42 Å². The molecule has 11 heteroatoms. The first-order chi connectivity index (χ1) is 20.5. The zero-order valence-electron chi connectivity index (χ0n) is 25.6. The van der Waals surface area contributed by atoms with E-state index in [1.807, 2.05) is 43.3 Å². The molecule has 1 heterocycles. The molecule has 0 saturated heterocycles. The van der Waals surface area contributed by atoms with Crippen LogP contribution in [0.2, 0.25) is 0 Å². The van der Waals surface area contributed by atoms with Crippen molar-refractivity contribution in [3.8, 4) is 22.5 Å². The summed E-state index contributed by atoms with van der Waals surface area (Å²) in [6.45, 7) is 13.7. The Hall–Kier alpha value is -3.25. The Morgan fingerprint density at radius 3 is 2.16 bits per heavy atom. The molecule has 0 bridgehead atoms. The van der Waals surface area contributed by atoms with Gasteiger partial charge in [-0.3, -0.25) is 4.55 Å². The molecule has 0 aromatic heterocycles. The number of nitrogens with zero attached hydrogens (tertiary/aromatic N) is 2. The average molecular weight is 629 g/mol. The minimum Gasteiger partial charge on any atom is -0.456 e. The maximum absolute atomic E-state index is 13.1. The number of unbranched alkanes of at least 4 members (excludes halogenated alkanes) is 2. The lowest BCUT2D eigenvalue weighted by atomic mass is 9.93. The average Bonchev–Trinajstić information content (AvgIpc) is 2.98. The van der Waals surface area contributed by atoms with Gasteiger partial charge in [0.15, 0.2) is 0 Å². The third-order valence-corrected chi connectivity index (χ3v) is 10.2. The maximum atomic E-state index is 13.1. The van der Waals surface area contributed by atoms with Crippen molar-refractivity contribution < 1.29 is 25.8 Å². The van der Waals surface area contributed by atoms with Crippen molar-refractivity contribution in [3.63, 3.8) is 0 Å². The van der Waals surface area contributed by atoms with Crippen molar-refractivity contribution in [2.24, 2.45) is 0 Å². The second kappa shape index (κ2) is 13.6. The third kappa shape index (κ3) is 6.95. The van der Waals surface area contributed by atoms with E-state index in [0.29, 0.717) is 34.3 Å². The molecule has 0 saturated carbocycles. The summed E-state index contributed by atoms with van der Waals surface area (Å²) in [5.41, 5.74) is 2.85. The number of nitrogens with one attached hydrogen (secondary N) is 1. The third-order valence-electron chi connectivity index (χ3n) is 7.83. The van der Waals surface area contributed by atoms with E-state index in [1.165, 1.54) is 12.1 Å². The van der Waals surface area contributed by atoms with E-state index in [4.69, 9.17) is 4.42 Å². The molecule has 0 amide bonds. The normalized spacial score (nSPS) is 12.2. The van der Waals surface area contributed by atoms with Crippen molar-refractivity contribution in [2.75, 3.05) is 37.6 Å². The molecule has 0 spiro atoms. The molecule has 0 atom stereocenters. The number of hydrogen-bond acceptors (Lipinski definition) is 6. The summed E-state index contributed by atoms with van der Waals surface area (Å²) in [7, 11) is -8.83. The summed E-state index contributed by atoms with van der Waals surface area (Å²) in [4.78, 5) is 1.46. The van der Waals surface area contributed by atoms with Crippen LogP contribution in [0.25, 0.3) is 33.4 Å². The van der Waals surface area contributed by atoms with Crippen LogP contribution < -0.4 is 19.6 Å². The Kier molecular flexibility index (Phi) is 10.3. The van der Waals surface area contributed by atoms with Crippen LogP contribution in [-0.4, -0.2) is 54.1 Å². The molecule has 4 rings (SSSR count). The van der Waals surface area contributed by atoms with Gasteiger partial charge in [-0.15, -0.1) is 0 Å². The minimum atomic E-state index is -4.83. The van der Waals surface area contributed by atoms with E-state index in [9.17, 15) is 21.4 Å². The molecule has 1 aliphatic carbocycles. The number of anilines is 1. The van der Waals surface area contributed by atoms with Gasteiger partial charge in [0.1, 0.15) is 29.3 Å². The highest BCUT2D eigenvalue weighted by atomic mass is 32.2. The van der Waals surface area contributed by atoms with E-state index in [2.05, 4.69) is 41.9 Å². The highest BCUT2D eigenvalue weighted by Crippen LogP contribution is 2.43. The van der Waals surface area contributed by atoms with Crippen molar-refractivity contribution >= 4 is 36.8 Å². The molecule has 2 aliphatic rings. The maximum Gasteiger partial charge on any atom is 0.295 e. The van der Waals surface area contributed by atoms with Crippen LogP contribution in [0.1, 0.15) is 53.9 Å². The standard InChI is InChI=1S/C32H41N3O6S2/c1-6-11-12-19-33-42(36,37)25-15-18-28(31(22-25)43(38,39)40)32-26-16-13-23(34(7-2)8-3)20-29(26)41-30-21-24(14-17-27(30)32)35(9-4)10-5/h13-18,20-22,33H,6-12,19H2,1-5H3/p+1. The SMILES string of the molecule is CCCCCNS(=O)(=O)c1ccc(-c2c3ccc(=[N+](CC)CC)cc-3oc3cc(N(CC)CC)ccc23)c(S(=O)(=O)O)c1. The van der Waals surface area contributed by atoms with E-state index in [1.54, 1.807) is 0 Å². The lowest BCUT2D eigenvalue weighted by Gasteiger charge is -2.22. The molecular weight excluding hydrogens is 587 g/mol. The zero-order chi connectivity index (χ0) is 31.4. The number of hydrogen-bond donors (Lipinski definition) is 2. The number of benzene rings is 3. The Morgan fingerprint density at radius 2 is 1.53 bits per heavy atom. The van der Waals surface area contributed by atoms with Gasteiger partial charge < -0.3 is 9.32 Å². The van der Waals surface area contributed by atoms with Gasteiger partial charge in [0.25, 0.3) is 10.1 Å².